The first-order chi connectivity index (χ1) is 11.6. The molecule has 1 amide bonds. The number of rotatable bonds is 4. The molecule has 2 aromatic carbocycles. The van der Waals surface area contributed by atoms with Gasteiger partial charge in [0.2, 0.25) is 5.91 Å². The fraction of sp³-hybridized carbons (Fsp3) is 0.316. The van der Waals surface area contributed by atoms with Crippen LogP contribution in [0.2, 0.25) is 0 Å². The zero-order valence-corrected chi connectivity index (χ0v) is 14.9. The average Bonchev–Trinajstić information content (AvgIpc) is 2.59. The number of piperidine rings is 1. The maximum atomic E-state index is 13.8. The van der Waals surface area contributed by atoms with E-state index in [2.05, 4.69) is 26.1 Å². The number of likely N-dealkylation sites (tertiary alicyclic amines) is 1. The Bertz CT molecular complexity index is 705. The van der Waals surface area contributed by atoms with Crippen LogP contribution in [0.25, 0.3) is 0 Å². The minimum Gasteiger partial charge on any atom is -0.326 e. The summed E-state index contributed by atoms with van der Waals surface area (Å²) in [6.45, 7) is 2.11. The van der Waals surface area contributed by atoms with Crippen LogP contribution >= 0.6 is 15.9 Å². The van der Waals surface area contributed by atoms with Crippen LogP contribution in [0, 0.1) is 11.7 Å². The monoisotopic (exact) mass is 390 g/mol. The first-order valence-corrected chi connectivity index (χ1v) is 8.93. The van der Waals surface area contributed by atoms with Gasteiger partial charge in [0.15, 0.2) is 0 Å². The summed E-state index contributed by atoms with van der Waals surface area (Å²) < 4.78 is 14.8. The average molecular weight is 391 g/mol. The Morgan fingerprint density at radius 3 is 2.71 bits per heavy atom. The number of amides is 1. The normalized spacial score (nSPS) is 18.3. The van der Waals surface area contributed by atoms with Crippen LogP contribution in [0.4, 0.5) is 10.1 Å². The van der Waals surface area contributed by atoms with Crippen molar-refractivity contribution in [1.29, 1.82) is 0 Å². The summed E-state index contributed by atoms with van der Waals surface area (Å²) in [6, 6.07) is 14.4. The van der Waals surface area contributed by atoms with Gasteiger partial charge in [-0.05, 0) is 49.7 Å². The molecule has 3 nitrogen and oxygen atoms in total. The molecule has 0 spiro atoms. The van der Waals surface area contributed by atoms with Gasteiger partial charge in [0.25, 0.3) is 0 Å². The molecule has 0 aromatic heterocycles. The van der Waals surface area contributed by atoms with Gasteiger partial charge in [-0.25, -0.2) is 4.39 Å². The lowest BCUT2D eigenvalue weighted by molar-refractivity contribution is -0.121. The smallest absolute Gasteiger partial charge is 0.228 e. The number of carbonyl (C=O) groups excluding carboxylic acids is 1. The van der Waals surface area contributed by atoms with Crippen LogP contribution in [0.15, 0.2) is 53.0 Å². The molecule has 1 aliphatic heterocycles. The van der Waals surface area contributed by atoms with Gasteiger partial charge in [0.1, 0.15) is 5.82 Å². The van der Waals surface area contributed by atoms with E-state index in [4.69, 9.17) is 0 Å². The molecule has 0 radical (unpaired) electrons. The van der Waals surface area contributed by atoms with E-state index in [0.717, 1.165) is 29.5 Å². The third-order valence-corrected chi connectivity index (χ3v) is 4.87. The van der Waals surface area contributed by atoms with Crippen LogP contribution in [0.5, 0.6) is 0 Å². The summed E-state index contributed by atoms with van der Waals surface area (Å²) in [7, 11) is 0. The Kier molecular flexibility index (Phi) is 5.63. The van der Waals surface area contributed by atoms with E-state index in [1.165, 1.54) is 6.07 Å². The van der Waals surface area contributed by atoms with Crippen LogP contribution in [0.1, 0.15) is 18.4 Å². The predicted octanol–water partition coefficient (Wildman–Crippen LogP) is 4.44. The second-order valence-electron chi connectivity index (χ2n) is 6.16. The van der Waals surface area contributed by atoms with Crippen molar-refractivity contribution < 1.29 is 9.18 Å². The molecule has 1 unspecified atom stereocenters. The van der Waals surface area contributed by atoms with Crippen molar-refractivity contribution in [3.8, 4) is 0 Å². The molecule has 0 bridgehead atoms. The lowest BCUT2D eigenvalue weighted by Crippen LogP contribution is -2.40. The Morgan fingerprint density at radius 2 is 1.96 bits per heavy atom. The molecule has 1 aliphatic rings. The highest BCUT2D eigenvalue weighted by Gasteiger charge is 2.26. The third-order valence-electron chi connectivity index (χ3n) is 4.34. The van der Waals surface area contributed by atoms with Crippen molar-refractivity contribution in [1.82, 2.24) is 4.90 Å². The van der Waals surface area contributed by atoms with Crippen LogP contribution in [0.3, 0.4) is 0 Å². The van der Waals surface area contributed by atoms with Gasteiger partial charge in [0, 0.05) is 28.8 Å². The Morgan fingerprint density at radius 1 is 1.21 bits per heavy atom. The van der Waals surface area contributed by atoms with Crippen molar-refractivity contribution in [2.75, 3.05) is 18.4 Å². The van der Waals surface area contributed by atoms with E-state index in [0.29, 0.717) is 18.7 Å². The van der Waals surface area contributed by atoms with Gasteiger partial charge in [0.05, 0.1) is 5.92 Å². The fourth-order valence-electron chi connectivity index (χ4n) is 3.06. The van der Waals surface area contributed by atoms with Crippen molar-refractivity contribution in [3.05, 3.63) is 64.4 Å². The molecular weight excluding hydrogens is 371 g/mol. The standard InChI is InChI=1S/C19H20BrFN2O/c20-16-7-9-17(10-8-16)22-19(24)15-5-3-11-23(13-15)12-14-4-1-2-6-18(14)21/h1-2,4,6-10,15H,3,5,11-13H2,(H,22,24). The SMILES string of the molecule is O=C(Nc1ccc(Br)cc1)C1CCCN(Cc2ccccc2F)C1. The number of anilines is 1. The first kappa shape index (κ1) is 17.1. The van der Waals surface area contributed by atoms with Crippen molar-refractivity contribution in [3.63, 3.8) is 0 Å². The number of nitrogens with one attached hydrogen (secondary N) is 1. The highest BCUT2D eigenvalue weighted by molar-refractivity contribution is 9.10. The molecule has 0 aliphatic carbocycles. The topological polar surface area (TPSA) is 32.3 Å². The predicted molar refractivity (Wildman–Crippen MR) is 97.2 cm³/mol. The molecule has 24 heavy (non-hydrogen) atoms. The van der Waals surface area contributed by atoms with Gasteiger partial charge in [-0.15, -0.1) is 0 Å². The van der Waals surface area contributed by atoms with Crippen molar-refractivity contribution in [2.45, 2.75) is 19.4 Å². The molecule has 1 fully saturated rings. The number of hydrogen-bond donors (Lipinski definition) is 1. The van der Waals surface area contributed by atoms with E-state index in [9.17, 15) is 9.18 Å². The number of hydrogen-bond acceptors (Lipinski definition) is 2. The summed E-state index contributed by atoms with van der Waals surface area (Å²) in [4.78, 5) is 14.7. The molecule has 1 heterocycles. The van der Waals surface area contributed by atoms with E-state index in [1.807, 2.05) is 30.3 Å². The Labute approximate surface area is 150 Å². The lowest BCUT2D eigenvalue weighted by Gasteiger charge is -2.32. The molecule has 2 aromatic rings. The van der Waals surface area contributed by atoms with Crippen molar-refractivity contribution in [2.24, 2.45) is 5.92 Å². The summed E-state index contributed by atoms with van der Waals surface area (Å²) in [5.41, 5.74) is 1.49. The van der Waals surface area contributed by atoms with E-state index >= 15 is 0 Å². The van der Waals surface area contributed by atoms with Crippen LogP contribution < -0.4 is 5.32 Å². The molecule has 1 N–H and O–H groups in total. The van der Waals surface area contributed by atoms with Crippen LogP contribution in [-0.4, -0.2) is 23.9 Å². The summed E-state index contributed by atoms with van der Waals surface area (Å²) in [5, 5.41) is 2.97. The number of carbonyl (C=O) groups is 1. The Balaban J connectivity index is 1.59. The zero-order chi connectivity index (χ0) is 16.9. The molecule has 1 atom stereocenters. The number of benzene rings is 2. The van der Waals surface area contributed by atoms with E-state index in [1.54, 1.807) is 12.1 Å². The van der Waals surface area contributed by atoms with E-state index in [-0.39, 0.29) is 17.6 Å². The van der Waals surface area contributed by atoms with Gasteiger partial charge < -0.3 is 5.32 Å². The summed E-state index contributed by atoms with van der Waals surface area (Å²) in [5.74, 6) is -0.205. The maximum absolute atomic E-state index is 13.8. The Hall–Kier alpha value is -1.72. The molecular formula is C19H20BrFN2O. The molecule has 1 saturated heterocycles. The minimum absolute atomic E-state index is 0.0376. The third kappa shape index (κ3) is 4.42. The van der Waals surface area contributed by atoms with Crippen molar-refractivity contribution >= 4 is 27.5 Å². The van der Waals surface area contributed by atoms with E-state index < -0.39 is 0 Å². The van der Waals surface area contributed by atoms with Gasteiger partial charge in [-0.1, -0.05) is 34.1 Å². The lowest BCUT2D eigenvalue weighted by atomic mass is 9.96. The highest BCUT2D eigenvalue weighted by atomic mass is 79.9. The largest absolute Gasteiger partial charge is 0.326 e. The fourth-order valence-corrected chi connectivity index (χ4v) is 3.32. The quantitative estimate of drug-likeness (QED) is 0.836. The summed E-state index contributed by atoms with van der Waals surface area (Å²) in [6.07, 6.45) is 1.82. The zero-order valence-electron chi connectivity index (χ0n) is 13.3. The highest BCUT2D eigenvalue weighted by Crippen LogP contribution is 2.22. The maximum Gasteiger partial charge on any atom is 0.228 e. The van der Waals surface area contributed by atoms with Crippen LogP contribution in [-0.2, 0) is 11.3 Å². The molecule has 3 rings (SSSR count). The molecule has 0 saturated carbocycles. The number of nitrogens with zero attached hydrogens (tertiary/aromatic N) is 1. The number of halogens is 2. The van der Waals surface area contributed by atoms with Gasteiger partial charge >= 0.3 is 0 Å². The minimum atomic E-state index is -0.182. The first-order valence-electron chi connectivity index (χ1n) is 8.14. The molecule has 126 valence electrons. The summed E-state index contributed by atoms with van der Waals surface area (Å²) >= 11 is 3.38. The van der Waals surface area contributed by atoms with Gasteiger partial charge in [-0.2, -0.15) is 0 Å². The second-order valence-corrected chi connectivity index (χ2v) is 7.08. The van der Waals surface area contributed by atoms with Gasteiger partial charge in [-0.3, -0.25) is 9.69 Å². The molecule has 5 heteroatoms. The second kappa shape index (κ2) is 7.90.